The summed E-state index contributed by atoms with van der Waals surface area (Å²) >= 11 is 4.94. The Hall–Kier alpha value is -1.82. The molecule has 0 heterocycles. The molecule has 0 saturated heterocycles. The van der Waals surface area contributed by atoms with E-state index in [9.17, 15) is 9.90 Å². The maximum absolute atomic E-state index is 11.6. The molecule has 0 saturated carbocycles. The van der Waals surface area contributed by atoms with E-state index < -0.39 is 0 Å². The summed E-state index contributed by atoms with van der Waals surface area (Å²) in [5.41, 5.74) is 5.35. The number of nitrogens with one attached hydrogen (secondary N) is 3. The van der Waals surface area contributed by atoms with Crippen molar-refractivity contribution < 1.29 is 9.90 Å². The third kappa shape index (κ3) is 4.69. The third-order valence-corrected chi connectivity index (χ3v) is 2.04. The zero-order valence-electron chi connectivity index (χ0n) is 9.65. The van der Waals surface area contributed by atoms with Crippen molar-refractivity contribution >= 4 is 23.2 Å². The number of benzene rings is 1. The number of thiocarbonyl (C=S) groups is 1. The molecule has 5 nitrogen and oxygen atoms in total. The van der Waals surface area contributed by atoms with Gasteiger partial charge >= 0.3 is 0 Å². The highest BCUT2D eigenvalue weighted by Crippen LogP contribution is 2.10. The van der Waals surface area contributed by atoms with Gasteiger partial charge in [-0.3, -0.25) is 15.6 Å². The van der Waals surface area contributed by atoms with Crippen LogP contribution in [-0.4, -0.2) is 22.2 Å². The fraction of sp³-hybridized carbons (Fsp3) is 0.273. The average Bonchev–Trinajstić information content (AvgIpc) is 2.25. The Bertz CT molecular complexity index is 421. The van der Waals surface area contributed by atoms with Gasteiger partial charge in [0.25, 0.3) is 5.91 Å². The second-order valence-corrected chi connectivity index (χ2v) is 4.17. The maximum atomic E-state index is 11.6. The van der Waals surface area contributed by atoms with Crippen LogP contribution in [0.4, 0.5) is 0 Å². The molecule has 1 aromatic carbocycles. The molecule has 0 unspecified atom stereocenters. The molecule has 0 aromatic heterocycles. The van der Waals surface area contributed by atoms with Crippen LogP contribution in [0, 0.1) is 0 Å². The quantitative estimate of drug-likeness (QED) is 0.466. The van der Waals surface area contributed by atoms with Crippen LogP contribution in [0.25, 0.3) is 0 Å². The molecule has 0 aliphatic heterocycles. The number of hydrazine groups is 1. The molecular formula is C11H15N3O2S. The molecule has 0 bridgehead atoms. The summed E-state index contributed by atoms with van der Waals surface area (Å²) in [4.78, 5) is 11.6. The lowest BCUT2D eigenvalue weighted by Crippen LogP contribution is -2.48. The SMILES string of the molecule is CC(C)NC(=S)NNC(=O)c1cccc(O)c1. The Labute approximate surface area is 105 Å². The average molecular weight is 253 g/mol. The maximum Gasteiger partial charge on any atom is 0.269 e. The molecule has 1 aromatic rings. The van der Waals surface area contributed by atoms with Crippen molar-refractivity contribution in [3.8, 4) is 5.75 Å². The molecule has 0 fully saturated rings. The summed E-state index contributed by atoms with van der Waals surface area (Å²) in [6.07, 6.45) is 0. The van der Waals surface area contributed by atoms with E-state index >= 15 is 0 Å². The molecule has 4 N–H and O–H groups in total. The summed E-state index contributed by atoms with van der Waals surface area (Å²) in [5.74, 6) is -0.325. The van der Waals surface area contributed by atoms with Gasteiger partial charge in [-0.25, -0.2) is 0 Å². The van der Waals surface area contributed by atoms with E-state index in [-0.39, 0.29) is 17.7 Å². The van der Waals surface area contributed by atoms with E-state index in [2.05, 4.69) is 16.2 Å². The van der Waals surface area contributed by atoms with Crippen molar-refractivity contribution in [2.75, 3.05) is 0 Å². The van der Waals surface area contributed by atoms with E-state index in [1.54, 1.807) is 12.1 Å². The number of rotatable bonds is 2. The summed E-state index contributed by atoms with van der Waals surface area (Å²) in [6.45, 7) is 3.87. The third-order valence-electron chi connectivity index (χ3n) is 1.82. The number of phenols is 1. The fourth-order valence-electron chi connectivity index (χ4n) is 1.13. The molecule has 92 valence electrons. The minimum absolute atomic E-state index is 0.0422. The second kappa shape index (κ2) is 6.05. The minimum Gasteiger partial charge on any atom is -0.508 e. The van der Waals surface area contributed by atoms with E-state index in [0.29, 0.717) is 10.7 Å². The van der Waals surface area contributed by atoms with Crippen molar-refractivity contribution in [1.29, 1.82) is 0 Å². The van der Waals surface area contributed by atoms with Gasteiger partial charge in [-0.2, -0.15) is 0 Å². The van der Waals surface area contributed by atoms with Crippen LogP contribution in [0.15, 0.2) is 24.3 Å². The number of amides is 1. The van der Waals surface area contributed by atoms with Crippen LogP contribution >= 0.6 is 12.2 Å². The molecule has 0 radical (unpaired) electrons. The fourth-order valence-corrected chi connectivity index (χ4v) is 1.42. The number of carbonyl (C=O) groups excluding carboxylic acids is 1. The predicted octanol–water partition coefficient (Wildman–Crippen LogP) is 0.909. The largest absolute Gasteiger partial charge is 0.508 e. The highest BCUT2D eigenvalue weighted by atomic mass is 32.1. The normalized spacial score (nSPS) is 9.82. The lowest BCUT2D eigenvalue weighted by atomic mass is 10.2. The first-order valence-electron chi connectivity index (χ1n) is 5.15. The molecule has 1 amide bonds. The Morgan fingerprint density at radius 3 is 2.65 bits per heavy atom. The van der Waals surface area contributed by atoms with Crippen LogP contribution < -0.4 is 16.2 Å². The van der Waals surface area contributed by atoms with Crippen LogP contribution in [0.1, 0.15) is 24.2 Å². The first-order valence-corrected chi connectivity index (χ1v) is 5.55. The number of carbonyl (C=O) groups is 1. The first-order chi connectivity index (χ1) is 7.99. The molecular weight excluding hydrogens is 238 g/mol. The van der Waals surface area contributed by atoms with Crippen LogP contribution in [0.2, 0.25) is 0 Å². The zero-order chi connectivity index (χ0) is 12.8. The summed E-state index contributed by atoms with van der Waals surface area (Å²) in [6, 6.07) is 6.24. The van der Waals surface area contributed by atoms with Gasteiger partial charge in [0.15, 0.2) is 5.11 Å². The van der Waals surface area contributed by atoms with E-state index in [0.717, 1.165) is 0 Å². The van der Waals surface area contributed by atoms with Crippen molar-refractivity contribution in [3.63, 3.8) is 0 Å². The standard InChI is InChI=1S/C11H15N3O2S/c1-7(2)12-11(17)14-13-10(16)8-4-3-5-9(15)6-8/h3-7,15H,1-2H3,(H,13,16)(H2,12,14,17). The highest BCUT2D eigenvalue weighted by Gasteiger charge is 2.06. The Morgan fingerprint density at radius 1 is 1.35 bits per heavy atom. The number of aromatic hydroxyl groups is 1. The Kier molecular flexibility index (Phi) is 4.71. The van der Waals surface area contributed by atoms with Gasteiger partial charge in [0.2, 0.25) is 0 Å². The summed E-state index contributed by atoms with van der Waals surface area (Å²) in [7, 11) is 0. The molecule has 1 rings (SSSR count). The monoisotopic (exact) mass is 253 g/mol. The molecule has 0 atom stereocenters. The molecule has 0 aliphatic carbocycles. The molecule has 6 heteroatoms. The minimum atomic E-state index is -0.367. The van der Waals surface area contributed by atoms with Gasteiger partial charge in [-0.05, 0) is 44.3 Å². The summed E-state index contributed by atoms with van der Waals surface area (Å²) in [5, 5.41) is 12.5. The van der Waals surface area contributed by atoms with Gasteiger partial charge in [0.1, 0.15) is 5.75 Å². The smallest absolute Gasteiger partial charge is 0.269 e. The van der Waals surface area contributed by atoms with Crippen molar-refractivity contribution in [2.45, 2.75) is 19.9 Å². The van der Waals surface area contributed by atoms with Gasteiger partial charge in [0.05, 0.1) is 0 Å². The lowest BCUT2D eigenvalue weighted by molar-refractivity contribution is 0.0943. The van der Waals surface area contributed by atoms with E-state index in [4.69, 9.17) is 12.2 Å². The molecule has 17 heavy (non-hydrogen) atoms. The van der Waals surface area contributed by atoms with Crippen LogP contribution in [-0.2, 0) is 0 Å². The number of hydrogen-bond acceptors (Lipinski definition) is 3. The lowest BCUT2D eigenvalue weighted by Gasteiger charge is -2.13. The van der Waals surface area contributed by atoms with Gasteiger partial charge in [-0.1, -0.05) is 6.07 Å². The summed E-state index contributed by atoms with van der Waals surface area (Å²) < 4.78 is 0. The highest BCUT2D eigenvalue weighted by molar-refractivity contribution is 7.80. The van der Waals surface area contributed by atoms with Crippen molar-refractivity contribution in [2.24, 2.45) is 0 Å². The van der Waals surface area contributed by atoms with Gasteiger partial charge in [0, 0.05) is 11.6 Å². The topological polar surface area (TPSA) is 73.4 Å². The van der Waals surface area contributed by atoms with E-state index in [1.165, 1.54) is 12.1 Å². The van der Waals surface area contributed by atoms with Crippen molar-refractivity contribution in [3.05, 3.63) is 29.8 Å². The Balaban J connectivity index is 2.48. The number of phenolic OH excluding ortho intramolecular Hbond substituents is 1. The van der Waals surface area contributed by atoms with Crippen molar-refractivity contribution in [1.82, 2.24) is 16.2 Å². The van der Waals surface area contributed by atoms with Gasteiger partial charge < -0.3 is 10.4 Å². The molecule has 0 spiro atoms. The predicted molar refractivity (Wildman–Crippen MR) is 69.6 cm³/mol. The van der Waals surface area contributed by atoms with Gasteiger partial charge in [-0.15, -0.1) is 0 Å². The van der Waals surface area contributed by atoms with Crippen LogP contribution in [0.5, 0.6) is 5.75 Å². The zero-order valence-corrected chi connectivity index (χ0v) is 10.5. The number of hydrogen-bond donors (Lipinski definition) is 4. The molecule has 0 aliphatic rings. The second-order valence-electron chi connectivity index (χ2n) is 3.76. The van der Waals surface area contributed by atoms with E-state index in [1.807, 2.05) is 13.8 Å². The first kappa shape index (κ1) is 13.2. The Morgan fingerprint density at radius 2 is 2.06 bits per heavy atom. The van der Waals surface area contributed by atoms with Crippen LogP contribution in [0.3, 0.4) is 0 Å².